The molecule has 1 saturated heterocycles. The Labute approximate surface area is 166 Å². The average Bonchev–Trinajstić information content (AvgIpc) is 2.90. The Kier molecular flexibility index (Phi) is 7.16. The van der Waals surface area contributed by atoms with Crippen LogP contribution in [0.1, 0.15) is 32.3 Å². The molecule has 2 rings (SSSR count). The monoisotopic (exact) mass is 407 g/mol. The number of nitro groups is 1. The molecule has 1 heterocycles. The maximum absolute atomic E-state index is 12.5. The van der Waals surface area contributed by atoms with E-state index >= 15 is 0 Å². The Balaban J connectivity index is 2.19. The number of aromatic hydroxyl groups is 1. The zero-order valence-corrected chi connectivity index (χ0v) is 16.4. The number of carbonyl (C=O) groups excluding carboxylic acids is 3. The number of hydrogen-bond acceptors (Lipinski definition) is 7. The molecule has 0 unspecified atom stereocenters. The van der Waals surface area contributed by atoms with Crippen LogP contribution in [-0.2, 0) is 9.59 Å². The quantitative estimate of drug-likeness (QED) is 0.399. The minimum atomic E-state index is -0.743. The zero-order valence-electron chi connectivity index (χ0n) is 15.6. The van der Waals surface area contributed by atoms with Crippen molar-refractivity contribution in [3.8, 4) is 5.75 Å². The molecule has 1 aliphatic rings. The topological polar surface area (TPSA) is 121 Å². The van der Waals surface area contributed by atoms with Gasteiger partial charge in [-0.25, -0.2) is 0 Å². The maximum atomic E-state index is 12.5. The number of nitro benzene ring substituents is 1. The number of phenols is 1. The van der Waals surface area contributed by atoms with Gasteiger partial charge < -0.3 is 10.0 Å². The van der Waals surface area contributed by atoms with Crippen molar-refractivity contribution < 1.29 is 24.4 Å². The van der Waals surface area contributed by atoms with Gasteiger partial charge in [0.1, 0.15) is 6.54 Å². The van der Waals surface area contributed by atoms with E-state index in [1.165, 1.54) is 12.1 Å². The first kappa shape index (κ1) is 21.4. The third-order valence-electron chi connectivity index (χ3n) is 4.00. The summed E-state index contributed by atoms with van der Waals surface area (Å²) in [6, 6.07) is 3.65. The van der Waals surface area contributed by atoms with Gasteiger partial charge in [-0.3, -0.25) is 29.4 Å². The number of benzene rings is 1. The highest BCUT2D eigenvalue weighted by Gasteiger charge is 2.37. The van der Waals surface area contributed by atoms with Crippen molar-refractivity contribution in [2.24, 2.45) is 0 Å². The van der Waals surface area contributed by atoms with Gasteiger partial charge in [0.25, 0.3) is 11.1 Å². The van der Waals surface area contributed by atoms with Gasteiger partial charge in [-0.2, -0.15) is 0 Å². The average molecular weight is 407 g/mol. The molecule has 1 fully saturated rings. The molecule has 1 aromatic rings. The number of phenolic OH excluding ortho intramolecular Hbond substituents is 1. The van der Waals surface area contributed by atoms with Crippen molar-refractivity contribution in [1.82, 2.24) is 9.80 Å². The van der Waals surface area contributed by atoms with Crippen LogP contribution in [0.5, 0.6) is 5.75 Å². The van der Waals surface area contributed by atoms with Gasteiger partial charge in [0.05, 0.1) is 9.83 Å². The highest BCUT2D eigenvalue weighted by Crippen LogP contribution is 2.34. The molecule has 0 aromatic heterocycles. The molecular formula is C18H21N3O6S. The number of imide groups is 1. The fraction of sp³-hybridized carbons (Fsp3) is 0.389. The van der Waals surface area contributed by atoms with Crippen LogP contribution in [-0.4, -0.2) is 56.5 Å². The number of hydrogen-bond donors (Lipinski definition) is 1. The summed E-state index contributed by atoms with van der Waals surface area (Å²) in [6.45, 7) is 4.65. The highest BCUT2D eigenvalue weighted by molar-refractivity contribution is 8.18. The molecule has 3 amide bonds. The summed E-state index contributed by atoms with van der Waals surface area (Å²) in [5.41, 5.74) is -0.210. The van der Waals surface area contributed by atoms with Gasteiger partial charge in [0.2, 0.25) is 5.91 Å². The van der Waals surface area contributed by atoms with Crippen molar-refractivity contribution >= 4 is 40.6 Å². The van der Waals surface area contributed by atoms with Gasteiger partial charge in [-0.1, -0.05) is 19.9 Å². The fourth-order valence-corrected chi connectivity index (χ4v) is 3.54. The summed E-state index contributed by atoms with van der Waals surface area (Å²) in [5.74, 6) is -1.41. The van der Waals surface area contributed by atoms with Crippen LogP contribution in [0.2, 0.25) is 0 Å². The Morgan fingerprint density at radius 3 is 2.50 bits per heavy atom. The molecule has 0 aliphatic carbocycles. The lowest BCUT2D eigenvalue weighted by Gasteiger charge is -2.23. The number of carbonyl (C=O) groups is 3. The van der Waals surface area contributed by atoms with Crippen molar-refractivity contribution in [3.05, 3.63) is 38.8 Å². The Morgan fingerprint density at radius 1 is 1.29 bits per heavy atom. The molecule has 10 heteroatoms. The van der Waals surface area contributed by atoms with Crippen molar-refractivity contribution in [2.75, 3.05) is 19.6 Å². The van der Waals surface area contributed by atoms with Crippen LogP contribution in [0.3, 0.4) is 0 Å². The second-order valence-corrected chi connectivity index (χ2v) is 7.15. The van der Waals surface area contributed by atoms with Crippen molar-refractivity contribution in [2.45, 2.75) is 26.7 Å². The number of nitrogens with zero attached hydrogens (tertiary/aromatic N) is 3. The predicted molar refractivity (Wildman–Crippen MR) is 105 cm³/mol. The number of rotatable bonds is 8. The normalized spacial score (nSPS) is 15.4. The van der Waals surface area contributed by atoms with E-state index < -0.39 is 27.5 Å². The van der Waals surface area contributed by atoms with E-state index in [2.05, 4.69) is 0 Å². The van der Waals surface area contributed by atoms with E-state index in [1.807, 2.05) is 13.8 Å². The van der Waals surface area contributed by atoms with E-state index in [0.29, 0.717) is 30.4 Å². The Morgan fingerprint density at radius 2 is 1.93 bits per heavy atom. The largest absolute Gasteiger partial charge is 0.502 e. The summed E-state index contributed by atoms with van der Waals surface area (Å²) in [5, 5.41) is 19.9. The van der Waals surface area contributed by atoms with Crippen LogP contribution >= 0.6 is 11.8 Å². The smallest absolute Gasteiger partial charge is 0.311 e. The standard InChI is InChI=1S/C18H21N3O6S/c1-3-7-19(8-4-2)16(23)11-20-17(24)15(28-18(20)25)10-12-5-6-14(22)13(9-12)21(26)27/h5-6,9-10,22H,3-4,7-8,11H2,1-2H3/b15-10-. The Hall–Kier alpha value is -2.88. The number of amides is 3. The molecule has 1 N–H and O–H groups in total. The summed E-state index contributed by atoms with van der Waals surface area (Å²) < 4.78 is 0. The first-order valence-electron chi connectivity index (χ1n) is 8.79. The van der Waals surface area contributed by atoms with Crippen LogP contribution in [0.25, 0.3) is 6.08 Å². The van der Waals surface area contributed by atoms with Crippen molar-refractivity contribution in [1.29, 1.82) is 0 Å². The predicted octanol–water partition coefficient (Wildman–Crippen LogP) is 2.99. The summed E-state index contributed by atoms with van der Waals surface area (Å²) in [7, 11) is 0. The van der Waals surface area contributed by atoms with Gasteiger partial charge in [0, 0.05) is 19.2 Å². The number of thioether (sulfide) groups is 1. The SMILES string of the molecule is CCCN(CCC)C(=O)CN1C(=O)S/C(=C\c2ccc(O)c([N+](=O)[O-])c2)C1=O. The van der Waals surface area contributed by atoms with Crippen molar-refractivity contribution in [3.63, 3.8) is 0 Å². The first-order valence-corrected chi connectivity index (χ1v) is 9.60. The minimum absolute atomic E-state index is 0.0651. The molecule has 150 valence electrons. The first-order chi connectivity index (χ1) is 13.3. The van der Waals surface area contributed by atoms with Crippen LogP contribution < -0.4 is 0 Å². The lowest BCUT2D eigenvalue weighted by atomic mass is 10.1. The molecule has 0 radical (unpaired) electrons. The summed E-state index contributed by atoms with van der Waals surface area (Å²) >= 11 is 0.671. The molecule has 0 atom stereocenters. The van der Waals surface area contributed by atoms with Gasteiger partial charge >= 0.3 is 5.69 Å². The fourth-order valence-electron chi connectivity index (χ4n) is 2.70. The lowest BCUT2D eigenvalue weighted by Crippen LogP contribution is -2.42. The van der Waals surface area contributed by atoms with E-state index in [9.17, 15) is 29.6 Å². The molecule has 1 aliphatic heterocycles. The van der Waals surface area contributed by atoms with Gasteiger partial charge in [-0.05, 0) is 42.3 Å². The van der Waals surface area contributed by atoms with E-state index in [0.717, 1.165) is 29.9 Å². The molecule has 9 nitrogen and oxygen atoms in total. The lowest BCUT2D eigenvalue weighted by molar-refractivity contribution is -0.385. The van der Waals surface area contributed by atoms with Gasteiger partial charge in [0.15, 0.2) is 5.75 Å². The molecule has 0 bridgehead atoms. The molecule has 0 spiro atoms. The molecule has 1 aromatic carbocycles. The molecule has 0 saturated carbocycles. The van der Waals surface area contributed by atoms with Crippen LogP contribution in [0.15, 0.2) is 23.1 Å². The van der Waals surface area contributed by atoms with Crippen LogP contribution in [0, 0.1) is 10.1 Å². The second-order valence-electron chi connectivity index (χ2n) is 6.15. The van der Waals surface area contributed by atoms with Gasteiger partial charge in [-0.15, -0.1) is 0 Å². The minimum Gasteiger partial charge on any atom is -0.502 e. The van der Waals surface area contributed by atoms with E-state index in [4.69, 9.17) is 0 Å². The molecular weight excluding hydrogens is 386 g/mol. The third kappa shape index (κ3) is 4.89. The third-order valence-corrected chi connectivity index (χ3v) is 4.91. The second kappa shape index (κ2) is 9.36. The maximum Gasteiger partial charge on any atom is 0.311 e. The zero-order chi connectivity index (χ0) is 20.8. The summed E-state index contributed by atoms with van der Waals surface area (Å²) in [6.07, 6.45) is 2.87. The van der Waals surface area contributed by atoms with Crippen LogP contribution in [0.4, 0.5) is 10.5 Å². The molecule has 28 heavy (non-hydrogen) atoms. The van der Waals surface area contributed by atoms with E-state index in [-0.39, 0.29) is 17.4 Å². The van der Waals surface area contributed by atoms with E-state index in [1.54, 1.807) is 4.90 Å². The highest BCUT2D eigenvalue weighted by atomic mass is 32.2. The Bertz CT molecular complexity index is 833. The summed E-state index contributed by atoms with van der Waals surface area (Å²) in [4.78, 5) is 49.9.